The van der Waals surface area contributed by atoms with Crippen LogP contribution >= 0.6 is 11.6 Å². The Morgan fingerprint density at radius 2 is 1.90 bits per heavy atom. The lowest BCUT2D eigenvalue weighted by molar-refractivity contribution is 0.564. The van der Waals surface area contributed by atoms with Gasteiger partial charge >= 0.3 is 0 Å². The van der Waals surface area contributed by atoms with E-state index in [-0.39, 0.29) is 11.6 Å². The van der Waals surface area contributed by atoms with Gasteiger partial charge in [-0.05, 0) is 26.0 Å². The van der Waals surface area contributed by atoms with Crippen molar-refractivity contribution in [3.05, 3.63) is 41.4 Å². The average molecular weight is 311 g/mol. The minimum absolute atomic E-state index is 0.0472. The second-order valence-corrected chi connectivity index (χ2v) is 4.91. The molecule has 0 atom stereocenters. The van der Waals surface area contributed by atoms with Gasteiger partial charge in [0.2, 0.25) is 0 Å². The monoisotopic (exact) mass is 310 g/mol. The Balaban J connectivity index is 2.45. The van der Waals surface area contributed by atoms with Gasteiger partial charge in [0, 0.05) is 6.54 Å². The number of hydrogen-bond donors (Lipinski definition) is 0. The van der Waals surface area contributed by atoms with Crippen LogP contribution in [0.1, 0.15) is 18.4 Å². The summed E-state index contributed by atoms with van der Waals surface area (Å²) in [6, 6.07) is 3.74. The molecule has 0 spiro atoms. The Bertz CT molecular complexity index is 802. The van der Waals surface area contributed by atoms with Crippen LogP contribution in [-0.4, -0.2) is 19.3 Å². The lowest BCUT2D eigenvalue weighted by atomic mass is 10.3. The number of hydrogen-bond acceptors (Lipinski definition) is 2. The molecule has 3 aromatic rings. The molecule has 0 aliphatic heterocycles. The van der Waals surface area contributed by atoms with Crippen molar-refractivity contribution < 1.29 is 8.78 Å². The fourth-order valence-electron chi connectivity index (χ4n) is 2.46. The summed E-state index contributed by atoms with van der Waals surface area (Å²) in [6.07, 6.45) is 0. The van der Waals surface area contributed by atoms with Crippen molar-refractivity contribution in [1.29, 1.82) is 0 Å². The van der Waals surface area contributed by atoms with Crippen molar-refractivity contribution in [1.82, 2.24) is 19.3 Å². The van der Waals surface area contributed by atoms with E-state index in [1.54, 1.807) is 4.68 Å². The maximum absolute atomic E-state index is 14.1. The fraction of sp³-hybridized carbons (Fsp3) is 0.286. The smallest absolute Gasteiger partial charge is 0.163 e. The number of para-hydroxylation sites is 1. The molecule has 21 heavy (non-hydrogen) atoms. The van der Waals surface area contributed by atoms with Crippen LogP contribution in [0.3, 0.4) is 0 Å². The van der Waals surface area contributed by atoms with E-state index >= 15 is 0 Å². The highest BCUT2D eigenvalue weighted by molar-refractivity contribution is 6.17. The summed E-state index contributed by atoms with van der Waals surface area (Å²) >= 11 is 5.91. The Morgan fingerprint density at radius 1 is 1.24 bits per heavy atom. The molecule has 0 saturated heterocycles. The van der Waals surface area contributed by atoms with E-state index in [1.165, 1.54) is 22.8 Å². The van der Waals surface area contributed by atoms with E-state index in [2.05, 4.69) is 10.1 Å². The van der Waals surface area contributed by atoms with Gasteiger partial charge in [0.25, 0.3) is 0 Å². The number of aryl methyl sites for hydroxylation is 2. The molecule has 0 aliphatic rings. The van der Waals surface area contributed by atoms with Crippen molar-refractivity contribution in [2.75, 3.05) is 0 Å². The molecule has 0 aliphatic carbocycles. The third-order valence-corrected chi connectivity index (χ3v) is 3.60. The second kappa shape index (κ2) is 5.11. The summed E-state index contributed by atoms with van der Waals surface area (Å²) in [5, 5.41) is 4.33. The van der Waals surface area contributed by atoms with Crippen LogP contribution in [0.15, 0.2) is 18.2 Å². The van der Waals surface area contributed by atoms with E-state index in [0.29, 0.717) is 29.2 Å². The predicted octanol–water partition coefficient (Wildman–Crippen LogP) is 3.57. The largest absolute Gasteiger partial charge is 0.274 e. The zero-order chi connectivity index (χ0) is 15.1. The zero-order valence-electron chi connectivity index (χ0n) is 11.6. The Kier molecular flexibility index (Phi) is 3.41. The van der Waals surface area contributed by atoms with Crippen molar-refractivity contribution in [2.24, 2.45) is 0 Å². The maximum Gasteiger partial charge on any atom is 0.163 e. The molecule has 0 fully saturated rings. The highest BCUT2D eigenvalue weighted by atomic mass is 35.5. The lowest BCUT2D eigenvalue weighted by Gasteiger charge is -2.11. The number of nitrogens with zero attached hydrogens (tertiary/aromatic N) is 4. The van der Waals surface area contributed by atoms with E-state index in [1.807, 2.05) is 13.8 Å². The van der Waals surface area contributed by atoms with E-state index < -0.39 is 11.6 Å². The molecule has 4 nitrogen and oxygen atoms in total. The van der Waals surface area contributed by atoms with Crippen LogP contribution in [-0.2, 0) is 12.4 Å². The molecule has 0 amide bonds. The molecule has 0 N–H and O–H groups in total. The van der Waals surface area contributed by atoms with Crippen molar-refractivity contribution >= 4 is 22.8 Å². The predicted molar refractivity (Wildman–Crippen MR) is 76.7 cm³/mol. The Hall–Kier alpha value is -1.95. The van der Waals surface area contributed by atoms with Crippen molar-refractivity contribution in [2.45, 2.75) is 26.3 Å². The van der Waals surface area contributed by atoms with Gasteiger partial charge in [-0.2, -0.15) is 5.10 Å². The van der Waals surface area contributed by atoms with Gasteiger partial charge in [-0.3, -0.25) is 4.57 Å². The van der Waals surface area contributed by atoms with Crippen molar-refractivity contribution in [3.63, 3.8) is 0 Å². The summed E-state index contributed by atoms with van der Waals surface area (Å²) < 4.78 is 31.4. The summed E-state index contributed by atoms with van der Waals surface area (Å²) in [5.74, 6) is -0.895. The zero-order valence-corrected chi connectivity index (χ0v) is 12.3. The summed E-state index contributed by atoms with van der Waals surface area (Å²) in [7, 11) is 0. The number of imidazole rings is 1. The Morgan fingerprint density at radius 3 is 2.48 bits per heavy atom. The van der Waals surface area contributed by atoms with Crippen LogP contribution < -0.4 is 0 Å². The third kappa shape index (κ3) is 2.01. The third-order valence-electron chi connectivity index (χ3n) is 3.36. The van der Waals surface area contributed by atoms with Crippen LogP contribution in [0.5, 0.6) is 0 Å². The van der Waals surface area contributed by atoms with Gasteiger partial charge in [-0.15, -0.1) is 11.6 Å². The molecular weight excluding hydrogens is 298 g/mol. The minimum Gasteiger partial charge on any atom is -0.274 e. The van der Waals surface area contributed by atoms with Crippen LogP contribution in [0.25, 0.3) is 16.9 Å². The number of benzene rings is 1. The number of halogens is 3. The van der Waals surface area contributed by atoms with Gasteiger partial charge < -0.3 is 0 Å². The highest BCUT2D eigenvalue weighted by Gasteiger charge is 2.22. The molecule has 2 aromatic heterocycles. The first-order chi connectivity index (χ1) is 10.1. The number of fused-ring (bicyclic) bond motifs is 1. The van der Waals surface area contributed by atoms with Crippen LogP contribution in [0.4, 0.5) is 8.78 Å². The van der Waals surface area contributed by atoms with E-state index in [9.17, 15) is 8.78 Å². The molecule has 3 rings (SSSR count). The van der Waals surface area contributed by atoms with Gasteiger partial charge in [0.15, 0.2) is 5.65 Å². The first kappa shape index (κ1) is 14.0. The van der Waals surface area contributed by atoms with Gasteiger partial charge in [-0.25, -0.2) is 18.4 Å². The summed E-state index contributed by atoms with van der Waals surface area (Å²) in [6.45, 7) is 4.27. The number of rotatable bonds is 3. The maximum atomic E-state index is 14.1. The van der Waals surface area contributed by atoms with Gasteiger partial charge in [-0.1, -0.05) is 6.07 Å². The molecule has 1 aromatic carbocycles. The van der Waals surface area contributed by atoms with Gasteiger partial charge in [0.1, 0.15) is 28.7 Å². The molecule has 7 heteroatoms. The number of aromatic nitrogens is 4. The quantitative estimate of drug-likeness (QED) is 0.693. The molecule has 0 bridgehead atoms. The topological polar surface area (TPSA) is 35.6 Å². The molecule has 110 valence electrons. The molecule has 0 unspecified atom stereocenters. The highest BCUT2D eigenvalue weighted by Crippen LogP contribution is 2.28. The normalized spacial score (nSPS) is 11.5. The van der Waals surface area contributed by atoms with Gasteiger partial charge in [0.05, 0.1) is 11.6 Å². The first-order valence-corrected chi connectivity index (χ1v) is 7.07. The second-order valence-electron chi connectivity index (χ2n) is 4.64. The molecule has 2 heterocycles. The Labute approximate surface area is 125 Å². The standard InChI is InChI=1S/C14H13ClF2N4/c1-3-20-14-12(8(2)19-20)18-11(7-15)21(14)13-9(16)5-4-6-10(13)17/h4-6H,3,7H2,1-2H3. The van der Waals surface area contributed by atoms with Crippen LogP contribution in [0.2, 0.25) is 0 Å². The molecule has 0 saturated carbocycles. The van der Waals surface area contributed by atoms with Crippen molar-refractivity contribution in [3.8, 4) is 5.69 Å². The van der Waals surface area contributed by atoms with E-state index in [4.69, 9.17) is 11.6 Å². The SMILES string of the molecule is CCn1nc(C)c2nc(CCl)n(-c3c(F)cccc3F)c21. The average Bonchev–Trinajstić information content (AvgIpc) is 2.97. The first-order valence-electron chi connectivity index (χ1n) is 6.53. The summed E-state index contributed by atoms with van der Waals surface area (Å²) in [4.78, 5) is 4.37. The fourth-order valence-corrected chi connectivity index (χ4v) is 2.64. The van der Waals surface area contributed by atoms with E-state index in [0.717, 1.165) is 0 Å². The number of alkyl halides is 1. The lowest BCUT2D eigenvalue weighted by Crippen LogP contribution is -2.09. The minimum atomic E-state index is -0.665. The molecule has 0 radical (unpaired) electrons. The molecular formula is C14H13ClF2N4. The van der Waals surface area contributed by atoms with Crippen LogP contribution in [0, 0.1) is 18.6 Å². The summed E-state index contributed by atoms with van der Waals surface area (Å²) in [5.41, 5.74) is 1.68.